The highest BCUT2D eigenvalue weighted by molar-refractivity contribution is 7.91. The molecule has 6 heteroatoms. The van der Waals surface area contributed by atoms with Crippen molar-refractivity contribution in [2.75, 3.05) is 6.54 Å². The number of sulfonamides is 1. The van der Waals surface area contributed by atoms with Crippen molar-refractivity contribution in [1.82, 2.24) is 4.72 Å². The van der Waals surface area contributed by atoms with Gasteiger partial charge in [-0.25, -0.2) is 13.1 Å². The molecule has 4 nitrogen and oxygen atoms in total. The normalized spacial score (nSPS) is 13.2. The van der Waals surface area contributed by atoms with Gasteiger partial charge in [0.15, 0.2) is 0 Å². The van der Waals surface area contributed by atoms with E-state index in [2.05, 4.69) is 4.72 Å². The second kappa shape index (κ2) is 7.17. The van der Waals surface area contributed by atoms with Crippen molar-refractivity contribution in [2.24, 2.45) is 5.73 Å². The largest absolute Gasteiger partial charge is 0.324 e. The van der Waals surface area contributed by atoms with E-state index < -0.39 is 10.0 Å². The van der Waals surface area contributed by atoms with Crippen LogP contribution >= 0.6 is 11.3 Å². The number of aryl methyl sites for hydroxylation is 1. The third-order valence-corrected chi connectivity index (χ3v) is 6.41. The predicted octanol–water partition coefficient (Wildman–Crippen LogP) is 2.68. The SMILES string of the molecule is CCc1ccc(S(=O)(=O)NCCC(N)c2ccccc2)s1. The molecule has 0 saturated carbocycles. The van der Waals surface area contributed by atoms with E-state index in [9.17, 15) is 8.42 Å². The first kappa shape index (κ1) is 16.2. The molecular formula is C15H20N2O2S2. The van der Waals surface area contributed by atoms with Crippen LogP contribution in [-0.4, -0.2) is 15.0 Å². The average Bonchev–Trinajstić information content (AvgIpc) is 2.98. The van der Waals surface area contributed by atoms with E-state index in [-0.39, 0.29) is 6.04 Å². The van der Waals surface area contributed by atoms with Crippen LogP contribution in [0.4, 0.5) is 0 Å². The van der Waals surface area contributed by atoms with Gasteiger partial charge in [0, 0.05) is 17.5 Å². The molecule has 1 aromatic carbocycles. The smallest absolute Gasteiger partial charge is 0.250 e. The van der Waals surface area contributed by atoms with Crippen molar-refractivity contribution in [3.63, 3.8) is 0 Å². The van der Waals surface area contributed by atoms with Crippen LogP contribution in [0.5, 0.6) is 0 Å². The Kier molecular flexibility index (Phi) is 5.52. The summed E-state index contributed by atoms with van der Waals surface area (Å²) in [6.45, 7) is 2.34. The van der Waals surface area contributed by atoms with Gasteiger partial charge in [-0.2, -0.15) is 0 Å². The van der Waals surface area contributed by atoms with E-state index in [1.807, 2.05) is 43.3 Å². The number of nitrogens with one attached hydrogen (secondary N) is 1. The van der Waals surface area contributed by atoms with E-state index in [1.54, 1.807) is 6.07 Å². The van der Waals surface area contributed by atoms with E-state index in [0.717, 1.165) is 16.9 Å². The maximum atomic E-state index is 12.1. The molecule has 0 aliphatic carbocycles. The lowest BCUT2D eigenvalue weighted by Crippen LogP contribution is -2.26. The van der Waals surface area contributed by atoms with Crippen LogP contribution in [-0.2, 0) is 16.4 Å². The second-order valence-corrected chi connectivity index (χ2v) is 7.94. The fraction of sp³-hybridized carbons (Fsp3) is 0.333. The molecule has 0 aliphatic heterocycles. The minimum absolute atomic E-state index is 0.163. The number of benzene rings is 1. The molecule has 0 bridgehead atoms. The zero-order valence-corrected chi connectivity index (χ0v) is 13.6. The van der Waals surface area contributed by atoms with Gasteiger partial charge in [0.2, 0.25) is 10.0 Å². The van der Waals surface area contributed by atoms with E-state index in [4.69, 9.17) is 5.73 Å². The van der Waals surface area contributed by atoms with Crippen molar-refractivity contribution in [3.8, 4) is 0 Å². The molecule has 0 aliphatic rings. The summed E-state index contributed by atoms with van der Waals surface area (Å²) < 4.78 is 27.3. The van der Waals surface area contributed by atoms with Gasteiger partial charge < -0.3 is 5.73 Å². The number of rotatable bonds is 7. The van der Waals surface area contributed by atoms with Gasteiger partial charge >= 0.3 is 0 Å². The summed E-state index contributed by atoms with van der Waals surface area (Å²) in [7, 11) is -3.41. The van der Waals surface area contributed by atoms with Crippen LogP contribution in [0.15, 0.2) is 46.7 Å². The Morgan fingerprint density at radius 3 is 2.52 bits per heavy atom. The van der Waals surface area contributed by atoms with E-state index >= 15 is 0 Å². The maximum Gasteiger partial charge on any atom is 0.250 e. The first-order valence-electron chi connectivity index (χ1n) is 6.92. The lowest BCUT2D eigenvalue weighted by molar-refractivity contribution is 0.571. The quantitative estimate of drug-likeness (QED) is 0.822. The number of hydrogen-bond acceptors (Lipinski definition) is 4. The Hall–Kier alpha value is -1.21. The van der Waals surface area contributed by atoms with Gasteiger partial charge in [0.05, 0.1) is 0 Å². The average molecular weight is 324 g/mol. The molecule has 0 radical (unpaired) electrons. The Balaban J connectivity index is 1.90. The highest BCUT2D eigenvalue weighted by Crippen LogP contribution is 2.22. The standard InChI is InChI=1S/C15H20N2O2S2/c1-2-13-8-9-15(20-13)21(18,19)17-11-10-14(16)12-6-4-3-5-7-12/h3-9,14,17H,2,10-11,16H2,1H3. The van der Waals surface area contributed by atoms with Crippen molar-refractivity contribution in [1.29, 1.82) is 0 Å². The Bertz CT molecular complexity index is 666. The van der Waals surface area contributed by atoms with Crippen LogP contribution < -0.4 is 10.5 Å². The zero-order valence-electron chi connectivity index (χ0n) is 12.0. The molecule has 0 fully saturated rings. The molecule has 0 saturated heterocycles. The number of thiophene rings is 1. The molecule has 0 spiro atoms. The molecule has 3 N–H and O–H groups in total. The first-order chi connectivity index (χ1) is 10.0. The third kappa shape index (κ3) is 4.38. The highest BCUT2D eigenvalue weighted by atomic mass is 32.2. The molecule has 21 heavy (non-hydrogen) atoms. The minimum atomic E-state index is -3.41. The highest BCUT2D eigenvalue weighted by Gasteiger charge is 2.16. The molecule has 1 atom stereocenters. The van der Waals surface area contributed by atoms with E-state index in [0.29, 0.717) is 17.2 Å². The summed E-state index contributed by atoms with van der Waals surface area (Å²) in [4.78, 5) is 1.07. The van der Waals surface area contributed by atoms with Crippen LogP contribution in [0.25, 0.3) is 0 Å². The van der Waals surface area contributed by atoms with Crippen molar-refractivity contribution in [2.45, 2.75) is 30.0 Å². The Morgan fingerprint density at radius 2 is 1.90 bits per heavy atom. The van der Waals surface area contributed by atoms with Gasteiger partial charge in [-0.15, -0.1) is 11.3 Å². The lowest BCUT2D eigenvalue weighted by atomic mass is 10.1. The zero-order chi connectivity index (χ0) is 15.3. The van der Waals surface area contributed by atoms with Crippen LogP contribution in [0, 0.1) is 0 Å². The molecule has 2 aromatic rings. The summed E-state index contributed by atoms with van der Waals surface area (Å²) >= 11 is 1.31. The van der Waals surface area contributed by atoms with Crippen LogP contribution in [0.1, 0.15) is 29.8 Å². The van der Waals surface area contributed by atoms with Gasteiger partial charge in [-0.05, 0) is 30.5 Å². The number of hydrogen-bond donors (Lipinski definition) is 2. The topological polar surface area (TPSA) is 72.2 Å². The summed E-state index contributed by atoms with van der Waals surface area (Å²) in [5, 5.41) is 0. The molecule has 114 valence electrons. The number of nitrogens with two attached hydrogens (primary N) is 1. The molecular weight excluding hydrogens is 304 g/mol. The van der Waals surface area contributed by atoms with Crippen LogP contribution in [0.3, 0.4) is 0 Å². The minimum Gasteiger partial charge on any atom is -0.324 e. The van der Waals surface area contributed by atoms with E-state index in [1.165, 1.54) is 11.3 Å². The van der Waals surface area contributed by atoms with Crippen molar-refractivity contribution >= 4 is 21.4 Å². The Labute approximate surface area is 130 Å². The lowest BCUT2D eigenvalue weighted by Gasteiger charge is -2.12. The third-order valence-electron chi connectivity index (χ3n) is 3.23. The molecule has 2 rings (SSSR count). The van der Waals surface area contributed by atoms with Crippen LogP contribution in [0.2, 0.25) is 0 Å². The van der Waals surface area contributed by atoms with Crippen molar-refractivity contribution < 1.29 is 8.42 Å². The van der Waals surface area contributed by atoms with Gasteiger partial charge in [-0.3, -0.25) is 0 Å². The van der Waals surface area contributed by atoms with Gasteiger partial charge in [0.1, 0.15) is 4.21 Å². The molecule has 0 amide bonds. The summed E-state index contributed by atoms with van der Waals surface area (Å²) in [5.41, 5.74) is 7.07. The molecule has 1 heterocycles. The van der Waals surface area contributed by atoms with Gasteiger partial charge in [-0.1, -0.05) is 37.3 Å². The second-order valence-electron chi connectivity index (χ2n) is 4.78. The predicted molar refractivity (Wildman–Crippen MR) is 86.9 cm³/mol. The Morgan fingerprint density at radius 1 is 1.19 bits per heavy atom. The fourth-order valence-corrected chi connectivity index (χ4v) is 4.37. The monoisotopic (exact) mass is 324 g/mol. The molecule has 1 aromatic heterocycles. The first-order valence-corrected chi connectivity index (χ1v) is 9.22. The van der Waals surface area contributed by atoms with Crippen molar-refractivity contribution in [3.05, 3.63) is 52.9 Å². The summed E-state index contributed by atoms with van der Waals surface area (Å²) in [6.07, 6.45) is 1.41. The maximum absolute atomic E-state index is 12.1. The molecule has 1 unspecified atom stereocenters. The summed E-state index contributed by atoms with van der Waals surface area (Å²) in [6, 6.07) is 13.0. The van der Waals surface area contributed by atoms with Gasteiger partial charge in [0.25, 0.3) is 0 Å². The summed E-state index contributed by atoms with van der Waals surface area (Å²) in [5.74, 6) is 0. The fourth-order valence-electron chi connectivity index (χ4n) is 1.98.